The smallest absolute Gasteiger partial charge is 0.390 e. The number of hydrogen-bond donors (Lipinski definition) is 12. The van der Waals surface area contributed by atoms with Gasteiger partial charge in [0.2, 0.25) is 0 Å². The van der Waals surface area contributed by atoms with Crippen LogP contribution in [0.2, 0.25) is 12.1 Å². The molecule has 0 amide bonds. The Morgan fingerprint density at radius 2 is 1.06 bits per heavy atom. The van der Waals surface area contributed by atoms with Gasteiger partial charge < -0.3 is 74.7 Å². The maximum atomic E-state index is 10.7. The predicted molar refractivity (Wildman–Crippen MR) is 195 cm³/mol. The van der Waals surface area contributed by atoms with Crippen LogP contribution in [0.5, 0.6) is 0 Å². The van der Waals surface area contributed by atoms with E-state index in [0.717, 1.165) is 25.7 Å². The number of hydrogen-bond acceptors (Lipinski definition) is 17. The van der Waals surface area contributed by atoms with Crippen molar-refractivity contribution in [3.05, 3.63) is 0 Å². The molecule has 4 unspecified atom stereocenters. The van der Waals surface area contributed by atoms with E-state index in [9.17, 15) is 15.3 Å². The standard InChI is InChI=1S/C31H73N5O12Si2/c1-3-5-8-28(4-2)24-48-27-31(39)23-36(22-30(38)26-47-18-7-20-50(43,44)45)16-13-34-11-10-33-12-15-35(14-9-32)21-29(37)25-46-17-6-19-49(40,41)42/h28-31,33-34,37-45H,3-27,32H2,1-2H3. The molecular weight excluding hydrogens is 691 g/mol. The summed E-state index contributed by atoms with van der Waals surface area (Å²) in [6, 6.07) is -0.231. The minimum absolute atomic E-state index is 0.0415. The molecule has 17 nitrogen and oxygen atoms in total. The van der Waals surface area contributed by atoms with Gasteiger partial charge >= 0.3 is 17.6 Å². The molecule has 0 saturated carbocycles. The molecule has 302 valence electrons. The van der Waals surface area contributed by atoms with Gasteiger partial charge in [-0.1, -0.05) is 33.1 Å². The highest BCUT2D eigenvalue weighted by Crippen LogP contribution is 2.13. The van der Waals surface area contributed by atoms with Crippen LogP contribution < -0.4 is 16.4 Å². The van der Waals surface area contributed by atoms with Gasteiger partial charge in [0.25, 0.3) is 0 Å². The van der Waals surface area contributed by atoms with Crippen LogP contribution in [0.3, 0.4) is 0 Å². The van der Waals surface area contributed by atoms with Crippen molar-refractivity contribution in [3.63, 3.8) is 0 Å². The van der Waals surface area contributed by atoms with Crippen molar-refractivity contribution in [2.45, 2.75) is 82.8 Å². The second-order valence-electron chi connectivity index (χ2n) is 13.2. The number of ether oxygens (including phenoxy) is 3. The Bertz CT molecular complexity index is 762. The van der Waals surface area contributed by atoms with Gasteiger partial charge in [-0.25, -0.2) is 0 Å². The Labute approximate surface area is 302 Å². The molecule has 50 heavy (non-hydrogen) atoms. The predicted octanol–water partition coefficient (Wildman–Crippen LogP) is -3.31. The zero-order valence-electron chi connectivity index (χ0n) is 30.7. The molecule has 0 bridgehead atoms. The molecule has 0 aliphatic rings. The molecule has 0 radical (unpaired) electrons. The average Bonchev–Trinajstić information content (AvgIpc) is 3.02. The summed E-state index contributed by atoms with van der Waals surface area (Å²) in [5.74, 6) is 0.476. The fourth-order valence-corrected chi connectivity index (χ4v) is 6.46. The maximum Gasteiger partial charge on any atom is 0.492 e. The number of nitrogens with zero attached hydrogens (tertiary/aromatic N) is 2. The molecule has 0 heterocycles. The molecule has 0 aliphatic heterocycles. The van der Waals surface area contributed by atoms with Crippen LogP contribution in [0.1, 0.15) is 52.4 Å². The summed E-state index contributed by atoms with van der Waals surface area (Å²) in [7, 11) is -8.16. The number of nitrogens with two attached hydrogens (primary N) is 1. The van der Waals surface area contributed by atoms with Crippen LogP contribution in [0.4, 0.5) is 0 Å². The van der Waals surface area contributed by atoms with E-state index in [1.54, 1.807) is 0 Å². The van der Waals surface area contributed by atoms with Crippen molar-refractivity contribution >= 4 is 17.6 Å². The lowest BCUT2D eigenvalue weighted by Gasteiger charge is -2.28. The fraction of sp³-hybridized carbons (Fsp3) is 1.00. The van der Waals surface area contributed by atoms with Gasteiger partial charge in [-0.3, -0.25) is 9.80 Å². The number of unbranched alkanes of at least 4 members (excludes halogenated alkanes) is 1. The number of aliphatic hydroxyl groups is 3. The molecule has 19 heteroatoms. The van der Waals surface area contributed by atoms with E-state index in [-0.39, 0.29) is 58.1 Å². The summed E-state index contributed by atoms with van der Waals surface area (Å²) in [4.78, 5) is 58.5. The molecule has 0 saturated heterocycles. The van der Waals surface area contributed by atoms with Crippen LogP contribution >= 0.6 is 0 Å². The van der Waals surface area contributed by atoms with Crippen LogP contribution in [-0.4, -0.2) is 201 Å². The monoisotopic (exact) mass is 763 g/mol. The lowest BCUT2D eigenvalue weighted by molar-refractivity contribution is -0.0158. The van der Waals surface area contributed by atoms with E-state index in [1.165, 1.54) is 0 Å². The van der Waals surface area contributed by atoms with Gasteiger partial charge in [0.05, 0.1) is 38.1 Å². The molecule has 0 rings (SSSR count). The molecule has 0 fully saturated rings. The summed E-state index contributed by atoms with van der Waals surface area (Å²) in [6.45, 7) is 11.7. The first-order chi connectivity index (χ1) is 23.7. The van der Waals surface area contributed by atoms with Gasteiger partial charge in [-0.2, -0.15) is 0 Å². The highest BCUT2D eigenvalue weighted by atomic mass is 28.4. The number of aliphatic hydroxyl groups excluding tert-OH is 3. The first kappa shape index (κ1) is 49.8. The van der Waals surface area contributed by atoms with Crippen LogP contribution in [0.15, 0.2) is 0 Å². The molecular formula is C31H73N5O12Si2. The lowest BCUT2D eigenvalue weighted by Crippen LogP contribution is -2.44. The summed E-state index contributed by atoms with van der Waals surface area (Å²) in [5.41, 5.74) is 5.74. The zero-order valence-corrected chi connectivity index (χ0v) is 32.7. The fourth-order valence-electron chi connectivity index (χ4n) is 5.22. The topological polar surface area (TPSA) is 266 Å². The lowest BCUT2D eigenvalue weighted by atomic mass is 10.0. The minimum Gasteiger partial charge on any atom is -0.390 e. The Hall–Kier alpha value is -0.246. The van der Waals surface area contributed by atoms with E-state index < -0.39 is 35.9 Å². The SMILES string of the molecule is CCCCC(CC)COCC(O)CN(CCNCCNCCN(CCN)CC(O)COCCC[Si](O)(O)O)CC(O)COCCC[Si](O)(O)O. The van der Waals surface area contributed by atoms with E-state index in [4.69, 9.17) is 48.7 Å². The second-order valence-corrected chi connectivity index (χ2v) is 17.3. The van der Waals surface area contributed by atoms with Gasteiger partial charge in [-0.15, -0.1) is 0 Å². The van der Waals surface area contributed by atoms with Crippen LogP contribution in [0, 0.1) is 5.92 Å². The molecule has 0 aromatic heterocycles. The van der Waals surface area contributed by atoms with E-state index in [2.05, 4.69) is 24.5 Å². The third kappa shape index (κ3) is 33.6. The first-order valence-electron chi connectivity index (χ1n) is 18.4. The van der Waals surface area contributed by atoms with Crippen molar-refractivity contribution < 1.29 is 58.3 Å². The Balaban J connectivity index is 4.53. The third-order valence-electron chi connectivity index (χ3n) is 7.97. The molecule has 13 N–H and O–H groups in total. The van der Waals surface area contributed by atoms with Crippen LogP contribution in [0.25, 0.3) is 0 Å². The summed E-state index contributed by atoms with van der Waals surface area (Å²) in [5, 5.41) is 38.3. The van der Waals surface area contributed by atoms with E-state index >= 15 is 0 Å². The molecule has 0 aromatic rings. The molecule has 0 spiro atoms. The van der Waals surface area contributed by atoms with Crippen molar-refractivity contribution in [3.8, 4) is 0 Å². The largest absolute Gasteiger partial charge is 0.492 e. The second kappa shape index (κ2) is 31.1. The van der Waals surface area contributed by atoms with Gasteiger partial charge in [-0.05, 0) is 25.2 Å². The highest BCUT2D eigenvalue weighted by Gasteiger charge is 2.26. The van der Waals surface area contributed by atoms with E-state index in [1.807, 2.05) is 9.80 Å². The summed E-state index contributed by atoms with van der Waals surface area (Å²) < 4.78 is 16.7. The normalized spacial score (nSPS) is 15.2. The molecule has 0 aliphatic carbocycles. The number of rotatable bonds is 37. The summed E-state index contributed by atoms with van der Waals surface area (Å²) in [6.07, 6.45) is 2.75. The number of nitrogens with one attached hydrogen (secondary N) is 2. The molecule has 0 aromatic carbocycles. The Morgan fingerprint density at radius 3 is 1.50 bits per heavy atom. The Kier molecular flexibility index (Phi) is 31.0. The van der Waals surface area contributed by atoms with Crippen molar-refractivity contribution in [1.29, 1.82) is 0 Å². The van der Waals surface area contributed by atoms with Crippen molar-refractivity contribution in [1.82, 2.24) is 20.4 Å². The zero-order chi connectivity index (χ0) is 37.7. The highest BCUT2D eigenvalue weighted by molar-refractivity contribution is 6.56. The van der Waals surface area contributed by atoms with Crippen molar-refractivity contribution in [2.75, 3.05) is 112 Å². The third-order valence-corrected chi connectivity index (χ3v) is 10.0. The van der Waals surface area contributed by atoms with E-state index in [0.29, 0.717) is 84.4 Å². The van der Waals surface area contributed by atoms with Crippen LogP contribution in [-0.2, 0) is 14.2 Å². The Morgan fingerprint density at radius 1 is 0.600 bits per heavy atom. The van der Waals surface area contributed by atoms with Crippen molar-refractivity contribution in [2.24, 2.45) is 11.7 Å². The minimum atomic E-state index is -4.10. The van der Waals surface area contributed by atoms with Gasteiger partial charge in [0.1, 0.15) is 0 Å². The average molecular weight is 764 g/mol. The van der Waals surface area contributed by atoms with Gasteiger partial charge in [0.15, 0.2) is 0 Å². The first-order valence-corrected chi connectivity index (χ1v) is 22.5. The quantitative estimate of drug-likeness (QED) is 0.0218. The summed E-state index contributed by atoms with van der Waals surface area (Å²) >= 11 is 0. The van der Waals surface area contributed by atoms with Gasteiger partial charge in [0, 0.05) is 104 Å². The maximum absolute atomic E-state index is 10.7. The molecule has 4 atom stereocenters.